The molecule has 22 heavy (non-hydrogen) atoms. The Balaban J connectivity index is 1.79. The van der Waals surface area contributed by atoms with Gasteiger partial charge in [0.05, 0.1) is 6.67 Å². The standard InChI is InChI=1S/C20H24N2/c1-15(2)21-11-12-22(14-21)20-9-7-18(8-10-20)19-6-5-16(3)17(4)13-19/h5-13,15H,14H2,1-4H3. The Bertz CT molecular complexity index is 683. The number of rotatable bonds is 3. The normalized spacial score (nSPS) is 14.2. The van der Waals surface area contributed by atoms with Crippen LogP contribution in [0.25, 0.3) is 11.1 Å². The maximum Gasteiger partial charge on any atom is 0.0944 e. The van der Waals surface area contributed by atoms with Gasteiger partial charge in [0, 0.05) is 24.1 Å². The molecule has 0 amide bonds. The van der Waals surface area contributed by atoms with Crippen LogP contribution in [0, 0.1) is 13.8 Å². The molecule has 2 aromatic carbocycles. The van der Waals surface area contributed by atoms with Gasteiger partial charge in [-0.25, -0.2) is 0 Å². The van der Waals surface area contributed by atoms with Crippen LogP contribution < -0.4 is 4.90 Å². The highest BCUT2D eigenvalue weighted by molar-refractivity contribution is 5.68. The minimum atomic E-state index is 0.538. The zero-order valence-corrected chi connectivity index (χ0v) is 13.9. The molecule has 0 fully saturated rings. The SMILES string of the molecule is Cc1ccc(-c2ccc(N3C=CN(C(C)C)C3)cc2)cc1C. The first-order valence-electron chi connectivity index (χ1n) is 7.93. The van der Waals surface area contributed by atoms with E-state index in [0.29, 0.717) is 6.04 Å². The fourth-order valence-corrected chi connectivity index (χ4v) is 2.71. The lowest BCUT2D eigenvalue weighted by atomic mass is 10.0. The van der Waals surface area contributed by atoms with Crippen molar-refractivity contribution in [3.8, 4) is 11.1 Å². The quantitative estimate of drug-likeness (QED) is 0.791. The van der Waals surface area contributed by atoms with Gasteiger partial charge >= 0.3 is 0 Å². The lowest BCUT2D eigenvalue weighted by molar-refractivity contribution is 0.336. The molecule has 0 spiro atoms. The first-order valence-corrected chi connectivity index (χ1v) is 7.93. The summed E-state index contributed by atoms with van der Waals surface area (Å²) in [7, 11) is 0. The van der Waals surface area contributed by atoms with Gasteiger partial charge in [-0.15, -0.1) is 0 Å². The number of hydrogen-bond donors (Lipinski definition) is 0. The molecular formula is C20H24N2. The zero-order chi connectivity index (χ0) is 15.7. The summed E-state index contributed by atoms with van der Waals surface area (Å²) in [5, 5.41) is 0. The van der Waals surface area contributed by atoms with Crippen molar-refractivity contribution in [2.24, 2.45) is 0 Å². The molecule has 0 atom stereocenters. The minimum absolute atomic E-state index is 0.538. The van der Waals surface area contributed by atoms with Crippen LogP contribution >= 0.6 is 0 Å². The molecule has 2 heteroatoms. The van der Waals surface area contributed by atoms with Crippen LogP contribution in [-0.2, 0) is 0 Å². The molecule has 0 saturated heterocycles. The van der Waals surface area contributed by atoms with Crippen molar-refractivity contribution < 1.29 is 0 Å². The Morgan fingerprint density at radius 1 is 0.818 bits per heavy atom. The summed E-state index contributed by atoms with van der Waals surface area (Å²) < 4.78 is 0. The molecule has 0 aliphatic carbocycles. The topological polar surface area (TPSA) is 6.48 Å². The summed E-state index contributed by atoms with van der Waals surface area (Å²) in [6.45, 7) is 9.69. The molecule has 0 N–H and O–H groups in total. The lowest BCUT2D eigenvalue weighted by Crippen LogP contribution is -2.30. The predicted molar refractivity (Wildman–Crippen MR) is 94.8 cm³/mol. The summed E-state index contributed by atoms with van der Waals surface area (Å²) >= 11 is 0. The highest BCUT2D eigenvalue weighted by Gasteiger charge is 2.15. The highest BCUT2D eigenvalue weighted by atomic mass is 15.3. The Morgan fingerprint density at radius 2 is 1.50 bits per heavy atom. The largest absolute Gasteiger partial charge is 0.356 e. The van der Waals surface area contributed by atoms with Crippen LogP contribution in [-0.4, -0.2) is 17.6 Å². The summed E-state index contributed by atoms with van der Waals surface area (Å²) in [5.74, 6) is 0. The van der Waals surface area contributed by atoms with E-state index in [2.05, 4.69) is 92.4 Å². The average Bonchev–Trinajstić information content (AvgIpc) is 3.00. The molecule has 0 unspecified atom stereocenters. The fraction of sp³-hybridized carbons (Fsp3) is 0.300. The second-order valence-electron chi connectivity index (χ2n) is 6.36. The van der Waals surface area contributed by atoms with E-state index in [0.717, 1.165) is 6.67 Å². The third kappa shape index (κ3) is 2.87. The number of hydrogen-bond acceptors (Lipinski definition) is 2. The number of nitrogens with zero attached hydrogens (tertiary/aromatic N) is 2. The third-order valence-corrected chi connectivity index (χ3v) is 4.46. The van der Waals surface area contributed by atoms with E-state index < -0.39 is 0 Å². The van der Waals surface area contributed by atoms with E-state index in [1.807, 2.05) is 0 Å². The maximum absolute atomic E-state index is 2.33. The van der Waals surface area contributed by atoms with Crippen molar-refractivity contribution in [3.05, 3.63) is 66.0 Å². The molecule has 1 aliphatic heterocycles. The van der Waals surface area contributed by atoms with Gasteiger partial charge in [0.15, 0.2) is 0 Å². The second kappa shape index (κ2) is 5.88. The van der Waals surface area contributed by atoms with E-state index in [4.69, 9.17) is 0 Å². The Hall–Kier alpha value is -2.22. The van der Waals surface area contributed by atoms with Gasteiger partial charge in [-0.2, -0.15) is 0 Å². The summed E-state index contributed by atoms with van der Waals surface area (Å²) in [5.41, 5.74) is 6.49. The highest BCUT2D eigenvalue weighted by Crippen LogP contribution is 2.26. The van der Waals surface area contributed by atoms with Crippen molar-refractivity contribution in [3.63, 3.8) is 0 Å². The van der Waals surface area contributed by atoms with E-state index in [-0.39, 0.29) is 0 Å². The van der Waals surface area contributed by atoms with Crippen molar-refractivity contribution in [2.75, 3.05) is 11.6 Å². The monoisotopic (exact) mass is 292 g/mol. The first-order chi connectivity index (χ1) is 10.5. The molecule has 0 aromatic heterocycles. The second-order valence-corrected chi connectivity index (χ2v) is 6.36. The van der Waals surface area contributed by atoms with E-state index in [1.165, 1.54) is 27.9 Å². The zero-order valence-electron chi connectivity index (χ0n) is 13.9. The average molecular weight is 292 g/mol. The summed E-state index contributed by atoms with van der Waals surface area (Å²) in [6, 6.07) is 16.0. The predicted octanol–water partition coefficient (Wildman–Crippen LogP) is 4.93. The van der Waals surface area contributed by atoms with Gasteiger partial charge in [0.25, 0.3) is 0 Å². The van der Waals surface area contributed by atoms with Crippen molar-refractivity contribution in [1.29, 1.82) is 0 Å². The number of benzene rings is 2. The van der Waals surface area contributed by atoms with Gasteiger partial charge < -0.3 is 9.80 Å². The Morgan fingerprint density at radius 3 is 2.09 bits per heavy atom. The Labute approximate surface area is 133 Å². The first kappa shape index (κ1) is 14.7. The summed E-state index contributed by atoms with van der Waals surface area (Å²) in [6.07, 6.45) is 4.33. The van der Waals surface area contributed by atoms with Crippen LogP contribution in [0.2, 0.25) is 0 Å². The van der Waals surface area contributed by atoms with Gasteiger partial charge in [0.1, 0.15) is 0 Å². The number of anilines is 1. The van der Waals surface area contributed by atoms with Crippen molar-refractivity contribution >= 4 is 5.69 Å². The lowest BCUT2D eigenvalue weighted by Gasteiger charge is -2.24. The van der Waals surface area contributed by atoms with Crippen LogP contribution in [0.3, 0.4) is 0 Å². The molecule has 1 aliphatic rings. The van der Waals surface area contributed by atoms with E-state index in [1.54, 1.807) is 0 Å². The fourth-order valence-electron chi connectivity index (χ4n) is 2.71. The van der Waals surface area contributed by atoms with Crippen LogP contribution in [0.4, 0.5) is 5.69 Å². The molecule has 2 aromatic rings. The van der Waals surface area contributed by atoms with Crippen molar-refractivity contribution in [1.82, 2.24) is 4.90 Å². The van der Waals surface area contributed by atoms with Crippen LogP contribution in [0.5, 0.6) is 0 Å². The third-order valence-electron chi connectivity index (χ3n) is 4.46. The maximum atomic E-state index is 2.33. The van der Waals surface area contributed by atoms with E-state index >= 15 is 0 Å². The van der Waals surface area contributed by atoms with Crippen LogP contribution in [0.15, 0.2) is 54.9 Å². The molecule has 2 nitrogen and oxygen atoms in total. The van der Waals surface area contributed by atoms with Gasteiger partial charge in [-0.1, -0.05) is 30.3 Å². The smallest absolute Gasteiger partial charge is 0.0944 e. The molecular weight excluding hydrogens is 268 g/mol. The number of aryl methyl sites for hydroxylation is 2. The van der Waals surface area contributed by atoms with E-state index in [9.17, 15) is 0 Å². The minimum Gasteiger partial charge on any atom is -0.356 e. The molecule has 114 valence electrons. The molecule has 3 rings (SSSR count). The summed E-state index contributed by atoms with van der Waals surface area (Å²) in [4.78, 5) is 4.61. The van der Waals surface area contributed by atoms with Gasteiger partial charge in [-0.05, 0) is 62.1 Å². The molecule has 0 bridgehead atoms. The van der Waals surface area contributed by atoms with Crippen LogP contribution in [0.1, 0.15) is 25.0 Å². The molecule has 0 saturated carbocycles. The van der Waals surface area contributed by atoms with Gasteiger partial charge in [-0.3, -0.25) is 0 Å². The molecule has 1 heterocycles. The van der Waals surface area contributed by atoms with Gasteiger partial charge in [0.2, 0.25) is 0 Å². The molecule has 0 radical (unpaired) electrons. The Kier molecular flexibility index (Phi) is 3.93. The van der Waals surface area contributed by atoms with Crippen molar-refractivity contribution in [2.45, 2.75) is 33.7 Å².